The fraction of sp³-hybridized carbons (Fsp3) is 0.462. The lowest BCUT2D eigenvalue weighted by Crippen LogP contribution is -2.22. The van der Waals surface area contributed by atoms with Crippen molar-refractivity contribution in [1.82, 2.24) is 0 Å². The van der Waals surface area contributed by atoms with Crippen LogP contribution in [0, 0.1) is 23.4 Å². The lowest BCUT2D eigenvalue weighted by Gasteiger charge is -2.27. The van der Waals surface area contributed by atoms with E-state index >= 15 is 4.39 Å². The highest BCUT2D eigenvalue weighted by molar-refractivity contribution is 5.54. The van der Waals surface area contributed by atoms with E-state index in [1.54, 1.807) is 6.08 Å². The number of benzene rings is 2. The van der Waals surface area contributed by atoms with Crippen molar-refractivity contribution >= 4 is 0 Å². The first-order valence-electron chi connectivity index (χ1n) is 11.5. The number of hydrogen-bond donors (Lipinski definition) is 0. The molecule has 2 aliphatic rings. The molecule has 0 radical (unpaired) electrons. The van der Waals surface area contributed by atoms with Crippen LogP contribution in [0.4, 0.5) is 22.0 Å². The van der Waals surface area contributed by atoms with Gasteiger partial charge >= 0.3 is 6.11 Å². The van der Waals surface area contributed by atoms with Crippen LogP contribution in [0.15, 0.2) is 30.0 Å². The molecule has 0 spiro atoms. The molecule has 1 heterocycles. The highest BCUT2D eigenvalue weighted by Gasteiger charge is 2.41. The topological polar surface area (TPSA) is 18.5 Å². The zero-order chi connectivity index (χ0) is 23.8. The summed E-state index contributed by atoms with van der Waals surface area (Å²) in [6.07, 6.45) is 2.53. The molecule has 2 nitrogen and oxygen atoms in total. The molecular formula is C26H27F5O2. The summed E-state index contributed by atoms with van der Waals surface area (Å²) >= 11 is 0. The zero-order valence-corrected chi connectivity index (χ0v) is 18.7. The maximum atomic E-state index is 15.2. The van der Waals surface area contributed by atoms with E-state index < -0.39 is 40.6 Å². The summed E-state index contributed by atoms with van der Waals surface area (Å²) in [5.41, 5.74) is -0.147. The summed E-state index contributed by atoms with van der Waals surface area (Å²) in [6.45, 7) is 3.92. The minimum atomic E-state index is -3.93. The average molecular weight is 466 g/mol. The van der Waals surface area contributed by atoms with Gasteiger partial charge in [-0.15, -0.1) is 0 Å². The Balaban J connectivity index is 1.60. The Bertz CT molecular complexity index is 1080. The fourth-order valence-corrected chi connectivity index (χ4v) is 4.64. The van der Waals surface area contributed by atoms with Gasteiger partial charge in [-0.25, -0.2) is 8.78 Å². The van der Waals surface area contributed by atoms with Gasteiger partial charge in [0.05, 0.1) is 5.76 Å². The van der Waals surface area contributed by atoms with E-state index in [9.17, 15) is 17.6 Å². The van der Waals surface area contributed by atoms with E-state index in [1.807, 2.05) is 6.92 Å². The summed E-state index contributed by atoms with van der Waals surface area (Å²) in [5.74, 6) is -4.04. The van der Waals surface area contributed by atoms with Gasteiger partial charge < -0.3 is 9.47 Å². The number of allylic oxidation sites excluding steroid dienone is 2. The molecule has 0 aromatic heterocycles. The highest BCUT2D eigenvalue weighted by atomic mass is 19.3. The second-order valence-corrected chi connectivity index (χ2v) is 8.81. The molecule has 33 heavy (non-hydrogen) atoms. The Morgan fingerprint density at radius 3 is 2.42 bits per heavy atom. The van der Waals surface area contributed by atoms with Crippen molar-refractivity contribution in [3.05, 3.63) is 69.7 Å². The molecule has 178 valence electrons. The summed E-state index contributed by atoms with van der Waals surface area (Å²) in [6, 6.07) is 3.78. The van der Waals surface area contributed by atoms with Crippen LogP contribution in [0.25, 0.3) is 0 Å². The lowest BCUT2D eigenvalue weighted by molar-refractivity contribution is -0.228. The van der Waals surface area contributed by atoms with Gasteiger partial charge in [-0.1, -0.05) is 39.2 Å². The van der Waals surface area contributed by atoms with Gasteiger partial charge in [0.1, 0.15) is 5.56 Å². The molecule has 4 rings (SSSR count). The van der Waals surface area contributed by atoms with E-state index in [0.717, 1.165) is 25.3 Å². The summed E-state index contributed by atoms with van der Waals surface area (Å²) in [4.78, 5) is 0. The third-order valence-electron chi connectivity index (χ3n) is 6.34. The largest absolute Gasteiger partial charge is 0.450 e. The fourth-order valence-electron chi connectivity index (χ4n) is 4.64. The smallest absolute Gasteiger partial charge is 0.429 e. The number of hydrogen-bond acceptors (Lipinski definition) is 2. The quantitative estimate of drug-likeness (QED) is 0.326. The van der Waals surface area contributed by atoms with Crippen LogP contribution in [-0.4, -0.2) is 0 Å². The van der Waals surface area contributed by atoms with E-state index in [4.69, 9.17) is 9.47 Å². The Hall–Kier alpha value is -2.57. The molecule has 0 bridgehead atoms. The molecule has 2 aromatic carbocycles. The number of rotatable bonds is 7. The molecule has 1 atom stereocenters. The first kappa shape index (κ1) is 23.6. The normalized spacial score (nSPS) is 17.7. The van der Waals surface area contributed by atoms with Crippen molar-refractivity contribution in [2.24, 2.45) is 5.92 Å². The van der Waals surface area contributed by atoms with Crippen LogP contribution < -0.4 is 4.74 Å². The van der Waals surface area contributed by atoms with Crippen LogP contribution in [0.2, 0.25) is 0 Å². The lowest BCUT2D eigenvalue weighted by atomic mass is 9.90. The summed E-state index contributed by atoms with van der Waals surface area (Å²) < 4.78 is 84.2. The zero-order valence-electron chi connectivity index (χ0n) is 18.7. The molecule has 1 aliphatic heterocycles. The van der Waals surface area contributed by atoms with Gasteiger partial charge in [-0.05, 0) is 49.0 Å². The van der Waals surface area contributed by atoms with E-state index in [1.165, 1.54) is 12.1 Å². The maximum absolute atomic E-state index is 15.2. The monoisotopic (exact) mass is 466 g/mol. The third kappa shape index (κ3) is 4.59. The Kier molecular flexibility index (Phi) is 6.68. The number of alkyl halides is 2. The molecule has 0 N–H and O–H groups in total. The first-order valence-corrected chi connectivity index (χ1v) is 11.5. The van der Waals surface area contributed by atoms with Crippen molar-refractivity contribution in [3.63, 3.8) is 0 Å². The molecule has 2 aromatic rings. The van der Waals surface area contributed by atoms with E-state index in [2.05, 4.69) is 6.92 Å². The van der Waals surface area contributed by atoms with Crippen molar-refractivity contribution in [3.8, 4) is 11.5 Å². The molecule has 1 aliphatic carbocycles. The number of fused-ring (bicyclic) bond motifs is 2. The molecule has 0 amide bonds. The second kappa shape index (κ2) is 9.35. The van der Waals surface area contributed by atoms with Crippen LogP contribution >= 0.6 is 0 Å². The van der Waals surface area contributed by atoms with Gasteiger partial charge in [0, 0.05) is 24.0 Å². The van der Waals surface area contributed by atoms with Gasteiger partial charge in [0.2, 0.25) is 5.82 Å². The van der Waals surface area contributed by atoms with Gasteiger partial charge in [0.25, 0.3) is 0 Å². The Labute approximate surface area is 190 Å². The van der Waals surface area contributed by atoms with Crippen molar-refractivity contribution in [1.29, 1.82) is 0 Å². The Morgan fingerprint density at radius 1 is 1.00 bits per heavy atom. The number of halogens is 5. The van der Waals surface area contributed by atoms with Crippen molar-refractivity contribution < 1.29 is 31.4 Å². The summed E-state index contributed by atoms with van der Waals surface area (Å²) in [5, 5.41) is 0. The SMILES string of the molecule is CCCc1cc2c(c(F)c1F)Oc1c(ccc(C(F)(F)OC3=CCC(CCC)CC3)c1F)C2. The molecule has 0 fully saturated rings. The summed E-state index contributed by atoms with van der Waals surface area (Å²) in [7, 11) is 0. The van der Waals surface area contributed by atoms with Crippen LogP contribution in [0.3, 0.4) is 0 Å². The van der Waals surface area contributed by atoms with Gasteiger partial charge in [-0.3, -0.25) is 0 Å². The van der Waals surface area contributed by atoms with Crippen molar-refractivity contribution in [2.45, 2.75) is 71.3 Å². The van der Waals surface area contributed by atoms with Crippen LogP contribution in [-0.2, 0) is 23.7 Å². The van der Waals surface area contributed by atoms with E-state index in [-0.39, 0.29) is 23.3 Å². The van der Waals surface area contributed by atoms with Crippen LogP contribution in [0.1, 0.15) is 74.6 Å². The molecule has 7 heteroatoms. The molecular weight excluding hydrogens is 439 g/mol. The molecule has 0 saturated carbocycles. The second-order valence-electron chi connectivity index (χ2n) is 8.81. The minimum Gasteiger partial charge on any atom is -0.450 e. The third-order valence-corrected chi connectivity index (χ3v) is 6.34. The minimum absolute atomic E-state index is 0.0478. The predicted octanol–water partition coefficient (Wildman–Crippen LogP) is 8.30. The predicted molar refractivity (Wildman–Crippen MR) is 115 cm³/mol. The van der Waals surface area contributed by atoms with Crippen molar-refractivity contribution in [2.75, 3.05) is 0 Å². The number of aryl methyl sites for hydroxylation is 1. The Morgan fingerprint density at radius 2 is 1.76 bits per heavy atom. The van der Waals surface area contributed by atoms with Crippen LogP contribution in [0.5, 0.6) is 11.5 Å². The molecule has 1 unspecified atom stereocenters. The van der Waals surface area contributed by atoms with E-state index in [0.29, 0.717) is 37.2 Å². The molecule has 0 saturated heterocycles. The highest BCUT2D eigenvalue weighted by Crippen LogP contribution is 2.45. The van der Waals surface area contributed by atoms with Gasteiger partial charge in [-0.2, -0.15) is 13.2 Å². The standard InChI is InChI=1S/C26H27F5O2/c1-3-5-15-7-10-19(11-8-15)33-26(30,31)20-12-9-17-14-18-13-16(6-4-2)21(27)23(29)25(18)32-24(17)22(20)28/h9-10,12-13,15H,3-8,11,14H2,1-2H3. The average Bonchev–Trinajstić information content (AvgIpc) is 2.78. The maximum Gasteiger partial charge on any atom is 0.429 e. The number of ether oxygens (including phenoxy) is 2. The first-order chi connectivity index (χ1) is 15.7. The van der Waals surface area contributed by atoms with Gasteiger partial charge in [0.15, 0.2) is 23.1 Å².